The molecule has 1 atom stereocenters. The van der Waals surface area contributed by atoms with Gasteiger partial charge >= 0.3 is 12.0 Å². The zero-order valence-corrected chi connectivity index (χ0v) is 17.5. The van der Waals surface area contributed by atoms with E-state index in [0.717, 1.165) is 22.6 Å². The predicted octanol–water partition coefficient (Wildman–Crippen LogP) is 3.50. The lowest BCUT2D eigenvalue weighted by atomic mass is 10.0. The Morgan fingerprint density at radius 1 is 1.09 bits per heavy atom. The van der Waals surface area contributed by atoms with Crippen molar-refractivity contribution < 1.29 is 19.1 Å². The van der Waals surface area contributed by atoms with Gasteiger partial charge in [0.15, 0.2) is 6.10 Å². The van der Waals surface area contributed by atoms with Gasteiger partial charge in [-0.3, -0.25) is 0 Å². The quantitative estimate of drug-likeness (QED) is 0.563. The first-order valence-electron chi connectivity index (χ1n) is 10.1. The lowest BCUT2D eigenvalue weighted by molar-refractivity contribution is 0.0472. The summed E-state index contributed by atoms with van der Waals surface area (Å²) in [6.45, 7) is 0.617. The fraction of sp³-hybridized carbons (Fsp3) is 0.217. The molecule has 2 aromatic carbocycles. The SMILES string of the molecule is COc1ncc(NC(=O)NCC2=NOC(COc3ccccc3-c3ccccc3)C2)cn1. The van der Waals surface area contributed by atoms with E-state index in [1.165, 1.54) is 19.5 Å². The number of hydrogen-bond acceptors (Lipinski definition) is 7. The van der Waals surface area contributed by atoms with E-state index in [0.29, 0.717) is 18.7 Å². The average molecular weight is 433 g/mol. The standard InChI is InChI=1S/C23H23N5O4/c1-30-23-25-13-18(14-26-23)27-22(29)24-12-17-11-19(32-28-17)15-31-21-10-6-5-9-20(21)16-7-3-2-4-8-16/h2-10,13-14,19H,11-12,15H2,1H3,(H2,24,27,29). The third-order valence-corrected chi connectivity index (χ3v) is 4.71. The summed E-state index contributed by atoms with van der Waals surface area (Å²) in [5.41, 5.74) is 3.30. The molecule has 2 heterocycles. The summed E-state index contributed by atoms with van der Waals surface area (Å²) in [7, 11) is 1.47. The smallest absolute Gasteiger partial charge is 0.319 e. The molecule has 3 aromatic rings. The second-order valence-corrected chi connectivity index (χ2v) is 7.03. The van der Waals surface area contributed by atoms with Gasteiger partial charge in [-0.1, -0.05) is 53.7 Å². The highest BCUT2D eigenvalue weighted by atomic mass is 16.7. The fourth-order valence-corrected chi connectivity index (χ4v) is 3.16. The number of rotatable bonds is 8. The zero-order valence-electron chi connectivity index (χ0n) is 17.5. The molecule has 1 unspecified atom stereocenters. The first-order chi connectivity index (χ1) is 15.7. The van der Waals surface area contributed by atoms with Gasteiger partial charge in [0.05, 0.1) is 37.4 Å². The average Bonchev–Trinajstić information content (AvgIpc) is 3.30. The molecule has 0 spiro atoms. The van der Waals surface area contributed by atoms with Crippen LogP contribution in [0.25, 0.3) is 11.1 Å². The molecule has 32 heavy (non-hydrogen) atoms. The van der Waals surface area contributed by atoms with Crippen molar-refractivity contribution in [2.45, 2.75) is 12.5 Å². The van der Waals surface area contributed by atoms with Crippen molar-refractivity contribution in [3.8, 4) is 22.9 Å². The van der Waals surface area contributed by atoms with Gasteiger partial charge in [0.1, 0.15) is 12.4 Å². The number of amides is 2. The molecule has 0 aliphatic carbocycles. The van der Waals surface area contributed by atoms with E-state index in [-0.39, 0.29) is 18.7 Å². The van der Waals surface area contributed by atoms with Crippen LogP contribution in [-0.2, 0) is 4.84 Å². The molecule has 1 aromatic heterocycles. The molecule has 1 aliphatic heterocycles. The molecule has 0 saturated carbocycles. The molecule has 0 fully saturated rings. The van der Waals surface area contributed by atoms with Gasteiger partial charge in [-0.2, -0.15) is 0 Å². The molecule has 9 heteroatoms. The fourth-order valence-electron chi connectivity index (χ4n) is 3.16. The van der Waals surface area contributed by atoms with Crippen LogP contribution < -0.4 is 20.1 Å². The highest BCUT2D eigenvalue weighted by Crippen LogP contribution is 2.30. The Bertz CT molecular complexity index is 1070. The van der Waals surface area contributed by atoms with Gasteiger partial charge in [0.2, 0.25) is 0 Å². The molecule has 1 aliphatic rings. The monoisotopic (exact) mass is 433 g/mol. The predicted molar refractivity (Wildman–Crippen MR) is 120 cm³/mol. The molecule has 164 valence electrons. The summed E-state index contributed by atoms with van der Waals surface area (Å²) in [4.78, 5) is 25.4. The van der Waals surface area contributed by atoms with Crippen molar-refractivity contribution in [2.75, 3.05) is 25.6 Å². The van der Waals surface area contributed by atoms with Crippen LogP contribution in [0.4, 0.5) is 10.5 Å². The highest BCUT2D eigenvalue weighted by molar-refractivity contribution is 5.94. The van der Waals surface area contributed by atoms with E-state index in [2.05, 4.69) is 25.8 Å². The van der Waals surface area contributed by atoms with Gasteiger partial charge in [-0.15, -0.1) is 0 Å². The van der Waals surface area contributed by atoms with E-state index < -0.39 is 6.03 Å². The summed E-state index contributed by atoms with van der Waals surface area (Å²) in [5.74, 6) is 0.787. The van der Waals surface area contributed by atoms with Crippen molar-refractivity contribution in [1.29, 1.82) is 0 Å². The first-order valence-corrected chi connectivity index (χ1v) is 10.1. The maximum atomic E-state index is 12.1. The summed E-state index contributed by atoms with van der Waals surface area (Å²) in [5, 5.41) is 9.45. The van der Waals surface area contributed by atoms with Crippen molar-refractivity contribution in [1.82, 2.24) is 15.3 Å². The van der Waals surface area contributed by atoms with E-state index in [9.17, 15) is 4.79 Å². The molecule has 0 saturated heterocycles. The number of oxime groups is 1. The van der Waals surface area contributed by atoms with Crippen LogP contribution in [0.3, 0.4) is 0 Å². The molecule has 0 radical (unpaired) electrons. The van der Waals surface area contributed by atoms with Crippen LogP contribution in [0, 0.1) is 0 Å². The summed E-state index contributed by atoms with van der Waals surface area (Å²) < 4.78 is 10.9. The third kappa shape index (κ3) is 5.51. The van der Waals surface area contributed by atoms with Gasteiger partial charge in [-0.05, 0) is 11.6 Å². The number of carbonyl (C=O) groups excluding carboxylic acids is 1. The minimum atomic E-state index is -0.391. The second-order valence-electron chi connectivity index (χ2n) is 7.03. The van der Waals surface area contributed by atoms with Crippen molar-refractivity contribution in [3.05, 3.63) is 67.0 Å². The number of ether oxygens (including phenoxy) is 2. The zero-order chi connectivity index (χ0) is 22.2. The Kier molecular flexibility index (Phi) is 6.76. The number of carbonyl (C=O) groups is 1. The van der Waals surface area contributed by atoms with Gasteiger partial charge in [0, 0.05) is 12.0 Å². The van der Waals surface area contributed by atoms with Crippen LogP contribution in [-0.4, -0.2) is 48.1 Å². The molecule has 9 nitrogen and oxygen atoms in total. The lowest BCUT2D eigenvalue weighted by Crippen LogP contribution is -2.33. The van der Waals surface area contributed by atoms with E-state index >= 15 is 0 Å². The minimum absolute atomic E-state index is 0.214. The van der Waals surface area contributed by atoms with Gasteiger partial charge in [-0.25, -0.2) is 14.8 Å². The van der Waals surface area contributed by atoms with Crippen LogP contribution >= 0.6 is 0 Å². The summed E-state index contributed by atoms with van der Waals surface area (Å²) in [6.07, 6.45) is 3.28. The second kappa shape index (κ2) is 10.3. The largest absolute Gasteiger partial charge is 0.489 e. The topological polar surface area (TPSA) is 107 Å². The van der Waals surface area contributed by atoms with Crippen molar-refractivity contribution in [2.24, 2.45) is 5.16 Å². The number of urea groups is 1. The van der Waals surface area contributed by atoms with Crippen molar-refractivity contribution in [3.63, 3.8) is 0 Å². The Morgan fingerprint density at radius 2 is 1.84 bits per heavy atom. The molecular formula is C23H23N5O4. The number of benzene rings is 2. The van der Waals surface area contributed by atoms with Crippen LogP contribution in [0.2, 0.25) is 0 Å². The van der Waals surface area contributed by atoms with Gasteiger partial charge in [0.25, 0.3) is 0 Å². The first kappa shape index (κ1) is 21.1. The molecule has 2 amide bonds. The highest BCUT2D eigenvalue weighted by Gasteiger charge is 2.22. The maximum Gasteiger partial charge on any atom is 0.319 e. The summed E-state index contributed by atoms with van der Waals surface area (Å²) in [6, 6.07) is 17.8. The van der Waals surface area contributed by atoms with E-state index in [4.69, 9.17) is 14.3 Å². The normalized spacial score (nSPS) is 14.8. The Labute approximate surface area is 185 Å². The summed E-state index contributed by atoms with van der Waals surface area (Å²) >= 11 is 0. The number of nitrogens with one attached hydrogen (secondary N) is 2. The number of methoxy groups -OCH3 is 1. The minimum Gasteiger partial charge on any atom is -0.489 e. The Morgan fingerprint density at radius 3 is 2.62 bits per heavy atom. The molecule has 4 rings (SSSR count). The molecular weight excluding hydrogens is 410 g/mol. The third-order valence-electron chi connectivity index (χ3n) is 4.71. The van der Waals surface area contributed by atoms with E-state index in [1.807, 2.05) is 54.6 Å². The van der Waals surface area contributed by atoms with Crippen molar-refractivity contribution >= 4 is 17.4 Å². The van der Waals surface area contributed by atoms with Gasteiger partial charge < -0.3 is 24.9 Å². The molecule has 0 bridgehead atoms. The lowest BCUT2D eigenvalue weighted by Gasteiger charge is -2.14. The molecule has 2 N–H and O–H groups in total. The number of hydrogen-bond donors (Lipinski definition) is 2. The Balaban J connectivity index is 1.23. The van der Waals surface area contributed by atoms with Crippen LogP contribution in [0.5, 0.6) is 11.8 Å². The Hall–Kier alpha value is -4.14. The maximum absolute atomic E-state index is 12.1. The van der Waals surface area contributed by atoms with Crippen LogP contribution in [0.1, 0.15) is 6.42 Å². The van der Waals surface area contributed by atoms with E-state index in [1.54, 1.807) is 0 Å². The number of para-hydroxylation sites is 1. The van der Waals surface area contributed by atoms with Crippen LogP contribution in [0.15, 0.2) is 72.1 Å². The number of nitrogens with zero attached hydrogens (tertiary/aromatic N) is 3. The number of anilines is 1. The number of aromatic nitrogens is 2.